The third-order valence-corrected chi connectivity index (χ3v) is 7.91. The van der Waals surface area contributed by atoms with Crippen molar-refractivity contribution in [1.82, 2.24) is 0 Å². The fraction of sp³-hybridized carbons (Fsp3) is 0.235. The Morgan fingerprint density at radius 3 is 1.83 bits per heavy atom. The zero-order valence-electron chi connectivity index (χ0n) is 20.6. The molecule has 0 heterocycles. The van der Waals surface area contributed by atoms with Crippen molar-refractivity contribution in [2.45, 2.75) is 45.6 Å². The number of rotatable bonds is 6. The van der Waals surface area contributed by atoms with Crippen LogP contribution in [0.3, 0.4) is 0 Å². The number of benzene rings is 6. The Hall–Kier alpha value is -3.42. The summed E-state index contributed by atoms with van der Waals surface area (Å²) in [4.78, 5) is 0. The number of hydrogen-bond acceptors (Lipinski definition) is 1. The molecule has 0 spiro atoms. The minimum Gasteiger partial charge on any atom is -0.388 e. The molecule has 35 heavy (non-hydrogen) atoms. The van der Waals surface area contributed by atoms with Gasteiger partial charge in [0.15, 0.2) is 0 Å². The lowest BCUT2D eigenvalue weighted by atomic mass is 9.86. The second-order valence-electron chi connectivity index (χ2n) is 10.1. The van der Waals surface area contributed by atoms with E-state index in [1.165, 1.54) is 60.3 Å². The maximum absolute atomic E-state index is 11.4. The molecule has 0 radical (unpaired) electrons. The van der Waals surface area contributed by atoms with Gasteiger partial charge in [-0.15, -0.1) is 0 Å². The maximum atomic E-state index is 11.4. The van der Waals surface area contributed by atoms with Crippen LogP contribution in [0, 0.1) is 5.92 Å². The largest absolute Gasteiger partial charge is 0.388 e. The van der Waals surface area contributed by atoms with Crippen molar-refractivity contribution in [2.24, 2.45) is 5.92 Å². The van der Waals surface area contributed by atoms with Crippen molar-refractivity contribution in [3.05, 3.63) is 96.6 Å². The van der Waals surface area contributed by atoms with Crippen LogP contribution in [0.1, 0.15) is 51.2 Å². The van der Waals surface area contributed by atoms with Gasteiger partial charge in [0.25, 0.3) is 0 Å². The number of aliphatic hydroxyl groups excluding tert-OH is 1. The van der Waals surface area contributed by atoms with E-state index in [9.17, 15) is 5.11 Å². The topological polar surface area (TPSA) is 20.2 Å². The monoisotopic (exact) mass is 456 g/mol. The van der Waals surface area contributed by atoms with Crippen LogP contribution in [-0.4, -0.2) is 5.11 Å². The molecule has 0 fully saturated rings. The summed E-state index contributed by atoms with van der Waals surface area (Å²) in [6.07, 6.45) is 3.96. The van der Waals surface area contributed by atoms with Gasteiger partial charge in [-0.25, -0.2) is 0 Å². The van der Waals surface area contributed by atoms with E-state index in [2.05, 4.69) is 105 Å². The van der Waals surface area contributed by atoms with Crippen LogP contribution < -0.4 is 0 Å². The predicted molar refractivity (Wildman–Crippen MR) is 152 cm³/mol. The SMILES string of the molecule is CCCCC(CC)C(O)c1cccc2cc3ccc4cc5cc6ccccc6cc5cc4c3cc12. The molecule has 0 bridgehead atoms. The minimum absolute atomic E-state index is 0.293. The van der Waals surface area contributed by atoms with Crippen molar-refractivity contribution >= 4 is 53.9 Å². The van der Waals surface area contributed by atoms with Crippen molar-refractivity contribution in [2.75, 3.05) is 0 Å². The first-order valence-corrected chi connectivity index (χ1v) is 13.1. The molecular weight excluding hydrogens is 424 g/mol. The van der Waals surface area contributed by atoms with Crippen LogP contribution in [0.2, 0.25) is 0 Å². The highest BCUT2D eigenvalue weighted by atomic mass is 16.3. The molecule has 0 amide bonds. The molecule has 0 aliphatic carbocycles. The lowest BCUT2D eigenvalue weighted by molar-refractivity contribution is 0.100. The van der Waals surface area contributed by atoms with Crippen molar-refractivity contribution in [3.63, 3.8) is 0 Å². The Morgan fingerprint density at radius 2 is 1.14 bits per heavy atom. The highest BCUT2D eigenvalue weighted by Gasteiger charge is 2.21. The van der Waals surface area contributed by atoms with Crippen LogP contribution >= 0.6 is 0 Å². The Bertz CT molecular complexity index is 1690. The van der Waals surface area contributed by atoms with E-state index < -0.39 is 6.10 Å². The predicted octanol–water partition coefficient (Wildman–Crippen LogP) is 9.70. The van der Waals surface area contributed by atoms with Gasteiger partial charge in [-0.05, 0) is 108 Å². The number of aliphatic hydroxyl groups is 1. The molecule has 174 valence electrons. The van der Waals surface area contributed by atoms with Crippen LogP contribution in [0.4, 0.5) is 0 Å². The molecule has 1 N–H and O–H groups in total. The molecule has 0 saturated carbocycles. The molecule has 1 heteroatoms. The van der Waals surface area contributed by atoms with E-state index in [1.54, 1.807) is 0 Å². The number of hydrogen-bond donors (Lipinski definition) is 1. The van der Waals surface area contributed by atoms with Crippen LogP contribution in [0.25, 0.3) is 53.9 Å². The second kappa shape index (κ2) is 8.98. The molecule has 6 aromatic rings. The highest BCUT2D eigenvalue weighted by Crippen LogP contribution is 2.38. The Kier molecular flexibility index (Phi) is 5.66. The second-order valence-corrected chi connectivity index (χ2v) is 10.1. The van der Waals surface area contributed by atoms with E-state index in [1.807, 2.05) is 0 Å². The van der Waals surface area contributed by atoms with E-state index in [4.69, 9.17) is 0 Å². The van der Waals surface area contributed by atoms with Gasteiger partial charge in [0.1, 0.15) is 0 Å². The molecule has 6 rings (SSSR count). The van der Waals surface area contributed by atoms with Crippen molar-refractivity contribution in [1.29, 1.82) is 0 Å². The summed E-state index contributed by atoms with van der Waals surface area (Å²) in [5, 5.41) is 23.9. The first-order valence-electron chi connectivity index (χ1n) is 13.1. The molecule has 6 aromatic carbocycles. The summed E-state index contributed by atoms with van der Waals surface area (Å²) in [5.41, 5.74) is 1.07. The molecule has 0 saturated heterocycles. The molecule has 0 aliphatic heterocycles. The average molecular weight is 457 g/mol. The Balaban J connectivity index is 1.58. The molecule has 0 aliphatic rings. The fourth-order valence-corrected chi connectivity index (χ4v) is 5.86. The normalized spacial score (nSPS) is 13.8. The third kappa shape index (κ3) is 3.85. The first-order chi connectivity index (χ1) is 17.2. The lowest BCUT2D eigenvalue weighted by Crippen LogP contribution is -2.12. The number of fused-ring (bicyclic) bond motifs is 6. The van der Waals surface area contributed by atoms with E-state index in [0.717, 1.165) is 24.8 Å². The number of unbranched alkanes of at least 4 members (excludes halogenated alkanes) is 1. The summed E-state index contributed by atoms with van der Waals surface area (Å²) in [5.74, 6) is 0.293. The molecule has 2 unspecified atom stereocenters. The van der Waals surface area contributed by atoms with Crippen molar-refractivity contribution < 1.29 is 5.11 Å². The van der Waals surface area contributed by atoms with Crippen LogP contribution in [0.15, 0.2) is 91.0 Å². The standard InChI is InChI=1S/C34H32O/c1-3-5-9-22(4-2)34(35)30-13-8-12-25-18-26-14-15-27-19-28-16-23-10-6-7-11-24(23)17-29(28)20-31(27)33(26)21-32(25)30/h6-8,10-22,34-35H,3-5,9H2,1-2H3. The van der Waals surface area contributed by atoms with Gasteiger partial charge in [0.2, 0.25) is 0 Å². The highest BCUT2D eigenvalue weighted by molar-refractivity contribution is 6.16. The van der Waals surface area contributed by atoms with Gasteiger partial charge < -0.3 is 5.11 Å². The van der Waals surface area contributed by atoms with Crippen LogP contribution in [-0.2, 0) is 0 Å². The zero-order valence-corrected chi connectivity index (χ0v) is 20.6. The molecule has 2 atom stereocenters. The van der Waals surface area contributed by atoms with Gasteiger partial charge in [0.05, 0.1) is 6.10 Å². The summed E-state index contributed by atoms with van der Waals surface area (Å²) in [6, 6.07) is 33.3. The van der Waals surface area contributed by atoms with E-state index in [0.29, 0.717) is 5.92 Å². The molecular formula is C34H32O. The smallest absolute Gasteiger partial charge is 0.0824 e. The Morgan fingerprint density at radius 1 is 0.571 bits per heavy atom. The summed E-state index contributed by atoms with van der Waals surface area (Å²) in [7, 11) is 0. The van der Waals surface area contributed by atoms with Gasteiger partial charge in [0, 0.05) is 0 Å². The fourth-order valence-electron chi connectivity index (χ4n) is 5.86. The summed E-state index contributed by atoms with van der Waals surface area (Å²) < 4.78 is 0. The minimum atomic E-state index is -0.435. The zero-order chi connectivity index (χ0) is 23.9. The Labute approximate surface area is 207 Å². The quantitative estimate of drug-likeness (QED) is 0.195. The van der Waals surface area contributed by atoms with Crippen LogP contribution in [0.5, 0.6) is 0 Å². The van der Waals surface area contributed by atoms with Gasteiger partial charge in [-0.2, -0.15) is 0 Å². The van der Waals surface area contributed by atoms with E-state index in [-0.39, 0.29) is 0 Å². The first kappa shape index (κ1) is 22.1. The third-order valence-electron chi connectivity index (χ3n) is 7.91. The lowest BCUT2D eigenvalue weighted by Gasteiger charge is -2.23. The average Bonchev–Trinajstić information content (AvgIpc) is 2.89. The van der Waals surface area contributed by atoms with Gasteiger partial charge in [-0.3, -0.25) is 0 Å². The molecule has 0 aromatic heterocycles. The summed E-state index contributed by atoms with van der Waals surface area (Å²) in [6.45, 7) is 4.42. The van der Waals surface area contributed by atoms with Crippen molar-refractivity contribution in [3.8, 4) is 0 Å². The van der Waals surface area contributed by atoms with Gasteiger partial charge >= 0.3 is 0 Å². The van der Waals surface area contributed by atoms with Gasteiger partial charge in [-0.1, -0.05) is 87.7 Å². The maximum Gasteiger partial charge on any atom is 0.0824 e. The molecule has 1 nitrogen and oxygen atoms in total. The summed E-state index contributed by atoms with van der Waals surface area (Å²) >= 11 is 0. The van der Waals surface area contributed by atoms with E-state index >= 15 is 0 Å².